The highest BCUT2D eigenvalue weighted by atomic mass is 16.5. The van der Waals surface area contributed by atoms with Crippen LogP contribution in [0.25, 0.3) is 0 Å². The number of aliphatic hydroxyl groups is 1. The summed E-state index contributed by atoms with van der Waals surface area (Å²) in [5.41, 5.74) is 6.28. The third-order valence-corrected chi connectivity index (χ3v) is 11.0. The first-order valence-electron chi connectivity index (χ1n) is 13.2. The third kappa shape index (κ3) is 3.42. The second-order valence-electron chi connectivity index (χ2n) is 12.1. The molecule has 5 aliphatic rings. The molecule has 1 heterocycles. The molecular weight excluding hydrogens is 418 g/mol. The van der Waals surface area contributed by atoms with Gasteiger partial charge in [0.05, 0.1) is 5.60 Å². The van der Waals surface area contributed by atoms with E-state index in [1.807, 2.05) is 6.92 Å². The van der Waals surface area contributed by atoms with Crippen molar-refractivity contribution in [2.75, 3.05) is 6.61 Å². The van der Waals surface area contributed by atoms with Crippen LogP contribution in [0.4, 0.5) is 0 Å². The minimum Gasteiger partial charge on any atom is -0.461 e. The molecule has 4 fully saturated rings. The van der Waals surface area contributed by atoms with Gasteiger partial charge in [-0.1, -0.05) is 20.8 Å². The largest absolute Gasteiger partial charge is 0.461 e. The van der Waals surface area contributed by atoms with Crippen molar-refractivity contribution in [2.45, 2.75) is 103 Å². The van der Waals surface area contributed by atoms with Gasteiger partial charge in [0.1, 0.15) is 18.8 Å². The van der Waals surface area contributed by atoms with Crippen molar-refractivity contribution in [3.8, 4) is 0 Å². The normalized spacial score (nSPS) is 47.6. The first-order valence-corrected chi connectivity index (χ1v) is 13.2. The fourth-order valence-corrected chi connectivity index (χ4v) is 8.90. The van der Waals surface area contributed by atoms with Crippen LogP contribution in [0.15, 0.2) is 11.6 Å². The van der Waals surface area contributed by atoms with Crippen LogP contribution in [0.5, 0.6) is 0 Å². The lowest BCUT2D eigenvalue weighted by atomic mass is 9.43. The summed E-state index contributed by atoms with van der Waals surface area (Å²) in [6, 6.07) is -0.523. The number of esters is 2. The average molecular weight is 460 g/mol. The Hall–Kier alpha value is -1.40. The van der Waals surface area contributed by atoms with E-state index in [1.54, 1.807) is 6.08 Å². The fourth-order valence-electron chi connectivity index (χ4n) is 8.90. The molecule has 4 aliphatic carbocycles. The fraction of sp³-hybridized carbons (Fsp3) is 0.852. The number of carbonyl (C=O) groups excluding carboxylic acids is 2. The molecule has 1 unspecified atom stereocenters. The zero-order valence-corrected chi connectivity index (χ0v) is 20.5. The Morgan fingerprint density at radius 2 is 1.97 bits per heavy atom. The van der Waals surface area contributed by atoms with Gasteiger partial charge in [-0.2, -0.15) is 0 Å². The van der Waals surface area contributed by atoms with Gasteiger partial charge in [-0.15, -0.1) is 0 Å². The molecule has 4 saturated carbocycles. The van der Waals surface area contributed by atoms with Gasteiger partial charge in [0.15, 0.2) is 0 Å². The maximum absolute atomic E-state index is 12.3. The van der Waals surface area contributed by atoms with Gasteiger partial charge in [-0.3, -0.25) is 4.79 Å². The molecule has 0 aromatic heterocycles. The van der Waals surface area contributed by atoms with Crippen LogP contribution >= 0.6 is 0 Å². The van der Waals surface area contributed by atoms with Crippen molar-refractivity contribution < 1.29 is 24.2 Å². The van der Waals surface area contributed by atoms with Crippen molar-refractivity contribution in [1.29, 1.82) is 0 Å². The minimum absolute atomic E-state index is 0.0237. The summed E-state index contributed by atoms with van der Waals surface area (Å²) in [4.78, 5) is 24.0. The van der Waals surface area contributed by atoms with Gasteiger partial charge in [0.2, 0.25) is 0 Å². The molecule has 9 atom stereocenters. The van der Waals surface area contributed by atoms with Crippen LogP contribution in [0.2, 0.25) is 0 Å². The lowest BCUT2D eigenvalue weighted by molar-refractivity contribution is -0.210. The monoisotopic (exact) mass is 459 g/mol. The summed E-state index contributed by atoms with van der Waals surface area (Å²) in [6.45, 7) is 7.01. The number of fused-ring (bicyclic) bond motifs is 5. The number of hydrogen-bond acceptors (Lipinski definition) is 6. The molecule has 0 spiro atoms. The van der Waals surface area contributed by atoms with Crippen LogP contribution in [-0.2, 0) is 19.1 Å². The molecular formula is C27H41NO5. The molecule has 0 saturated heterocycles. The first kappa shape index (κ1) is 23.3. The molecule has 0 radical (unpaired) electrons. The van der Waals surface area contributed by atoms with Crippen LogP contribution in [-0.4, -0.2) is 41.4 Å². The molecule has 0 bridgehead atoms. The number of hydrogen-bond donors (Lipinski definition) is 2. The SMILES string of the molecule is CCC(N)C(=O)O[C@H]1CC[C@@]2(C)[C@H](CC[C@@H]3[C@@H]2CC[C@]2(C)[C@@H](C4=CC(=O)OC4)CC[C@@]32O)C1. The molecule has 5 rings (SSSR count). The maximum atomic E-state index is 12.3. The minimum atomic E-state index is -0.682. The number of carbonyl (C=O) groups is 2. The van der Waals surface area contributed by atoms with Gasteiger partial charge in [-0.05, 0) is 98.9 Å². The first-order chi connectivity index (χ1) is 15.6. The molecule has 6 nitrogen and oxygen atoms in total. The van der Waals surface area contributed by atoms with Crippen LogP contribution in [0.3, 0.4) is 0 Å². The van der Waals surface area contributed by atoms with Gasteiger partial charge in [0, 0.05) is 11.5 Å². The highest BCUT2D eigenvalue weighted by Crippen LogP contribution is 2.70. The lowest BCUT2D eigenvalue weighted by Crippen LogP contribution is -2.62. The van der Waals surface area contributed by atoms with Crippen molar-refractivity contribution in [1.82, 2.24) is 0 Å². The molecule has 3 N–H and O–H groups in total. The molecule has 184 valence electrons. The zero-order chi connectivity index (χ0) is 23.6. The third-order valence-electron chi connectivity index (χ3n) is 11.0. The summed E-state index contributed by atoms with van der Waals surface area (Å²) in [6.07, 6.45) is 11.1. The predicted octanol–water partition coefficient (Wildman–Crippen LogP) is 3.89. The van der Waals surface area contributed by atoms with Crippen molar-refractivity contribution >= 4 is 11.9 Å². The van der Waals surface area contributed by atoms with Gasteiger partial charge in [-0.25, -0.2) is 4.79 Å². The van der Waals surface area contributed by atoms with Crippen LogP contribution < -0.4 is 5.73 Å². The van der Waals surface area contributed by atoms with Gasteiger partial charge >= 0.3 is 11.9 Å². The Bertz CT molecular complexity index is 855. The van der Waals surface area contributed by atoms with E-state index in [1.165, 1.54) is 0 Å². The Balaban J connectivity index is 1.33. The van der Waals surface area contributed by atoms with Gasteiger partial charge in [0.25, 0.3) is 0 Å². The number of cyclic esters (lactones) is 1. The smallest absolute Gasteiger partial charge is 0.331 e. The topological polar surface area (TPSA) is 98.9 Å². The number of nitrogens with two attached hydrogens (primary N) is 1. The predicted molar refractivity (Wildman–Crippen MR) is 124 cm³/mol. The Labute approximate surface area is 197 Å². The van der Waals surface area contributed by atoms with Crippen LogP contribution in [0.1, 0.15) is 85.0 Å². The summed E-state index contributed by atoms with van der Waals surface area (Å²) in [5, 5.41) is 12.3. The van der Waals surface area contributed by atoms with Crippen molar-refractivity contribution in [3.63, 3.8) is 0 Å². The molecule has 0 aromatic carbocycles. The number of rotatable bonds is 4. The molecule has 33 heavy (non-hydrogen) atoms. The van der Waals surface area contributed by atoms with E-state index < -0.39 is 11.6 Å². The van der Waals surface area contributed by atoms with E-state index >= 15 is 0 Å². The molecule has 0 aromatic rings. The molecule has 6 heteroatoms. The molecule has 1 aliphatic heterocycles. The molecule has 0 amide bonds. The van der Waals surface area contributed by atoms with Gasteiger partial charge < -0.3 is 20.3 Å². The van der Waals surface area contributed by atoms with Crippen molar-refractivity contribution in [2.24, 2.45) is 40.2 Å². The van der Waals surface area contributed by atoms with E-state index in [0.717, 1.165) is 63.4 Å². The van der Waals surface area contributed by atoms with E-state index in [-0.39, 0.29) is 34.8 Å². The highest BCUT2D eigenvalue weighted by molar-refractivity contribution is 5.85. The Morgan fingerprint density at radius 3 is 2.67 bits per heavy atom. The summed E-state index contributed by atoms with van der Waals surface area (Å²) < 4.78 is 11.0. The second-order valence-corrected chi connectivity index (χ2v) is 12.1. The van der Waals surface area contributed by atoms with Crippen LogP contribution in [0, 0.1) is 34.5 Å². The van der Waals surface area contributed by atoms with E-state index in [9.17, 15) is 14.7 Å². The zero-order valence-electron chi connectivity index (χ0n) is 20.5. The highest BCUT2D eigenvalue weighted by Gasteiger charge is 2.67. The summed E-state index contributed by atoms with van der Waals surface area (Å²) in [7, 11) is 0. The van der Waals surface area contributed by atoms with E-state index in [0.29, 0.717) is 30.8 Å². The van der Waals surface area contributed by atoms with E-state index in [4.69, 9.17) is 15.2 Å². The maximum Gasteiger partial charge on any atom is 0.331 e. The van der Waals surface area contributed by atoms with Crippen molar-refractivity contribution in [3.05, 3.63) is 11.6 Å². The standard InChI is InChI=1S/C27H41NO5/c1-4-22(28)24(30)33-18-7-10-25(2)17(14-18)5-6-21-20(25)8-11-26(3)19(9-12-27(21,26)31)16-13-23(29)32-15-16/h13,17-22,31H,4-12,14-15,28H2,1-3H3/t17-,18+,19-,20+,21-,22?,25+,26-,27-/m1/s1. The average Bonchev–Trinajstić information content (AvgIpc) is 3.33. The Kier molecular flexibility index (Phi) is 5.72. The number of ether oxygens (including phenoxy) is 2. The lowest BCUT2D eigenvalue weighted by Gasteiger charge is -2.63. The van der Waals surface area contributed by atoms with E-state index in [2.05, 4.69) is 13.8 Å². The second kappa shape index (κ2) is 8.08. The summed E-state index contributed by atoms with van der Waals surface area (Å²) >= 11 is 0. The Morgan fingerprint density at radius 1 is 1.18 bits per heavy atom. The quantitative estimate of drug-likeness (QED) is 0.619. The summed E-state index contributed by atoms with van der Waals surface area (Å²) in [5.74, 6) is 1.06.